The number of benzene rings is 1. The van der Waals surface area contributed by atoms with Gasteiger partial charge in [-0.25, -0.2) is 0 Å². The van der Waals surface area contributed by atoms with Gasteiger partial charge in [-0.05, 0) is 88.1 Å². The van der Waals surface area contributed by atoms with E-state index in [1.807, 2.05) is 50.4 Å². The molecule has 0 saturated carbocycles. The Morgan fingerprint density at radius 1 is 0.976 bits per heavy atom. The summed E-state index contributed by atoms with van der Waals surface area (Å²) < 4.78 is 7.36. The number of aromatic nitrogens is 2. The van der Waals surface area contributed by atoms with Crippen LogP contribution in [0.15, 0.2) is 64.2 Å². The highest BCUT2D eigenvalue weighted by atomic mass is 16.3. The number of rotatable bonds is 9. The van der Waals surface area contributed by atoms with Crippen LogP contribution in [0.5, 0.6) is 0 Å². The number of hydrogen-bond donors (Lipinski definition) is 0. The largest absolute Gasteiger partial charge is 0.461 e. The second kappa shape index (κ2) is 11.6. The van der Waals surface area contributed by atoms with Gasteiger partial charge >= 0.3 is 0 Å². The molecule has 9 nitrogen and oxygen atoms in total. The fourth-order valence-electron chi connectivity index (χ4n) is 5.69. The van der Waals surface area contributed by atoms with E-state index in [1.54, 1.807) is 53.7 Å². The lowest BCUT2D eigenvalue weighted by Crippen LogP contribution is -2.47. The lowest BCUT2D eigenvalue weighted by Gasteiger charge is -2.27. The molecule has 5 rings (SSSR count). The van der Waals surface area contributed by atoms with E-state index in [9.17, 15) is 14.4 Å². The molecular formula is C33H39N5O4. The third kappa shape index (κ3) is 5.48. The van der Waals surface area contributed by atoms with Crippen LogP contribution in [-0.4, -0.2) is 52.9 Å². The standard InChI is InChI=1S/C33H39N5O4/c1-7-38-27-9-8-24(19-28(27)35(6)31(40)33(4,5)32(38)41)11-14-36(21-25-20-34-13-10-22(25)2)16-17-37-15-12-29-26(30(37)39)18-23(3)42-29/h8-10,12-13,15,18-20H,7,11,14,16-17,21H2,1-6H3. The summed E-state index contributed by atoms with van der Waals surface area (Å²) in [6.45, 7) is 12.3. The summed E-state index contributed by atoms with van der Waals surface area (Å²) in [5.74, 6) is 0.313. The Kier molecular flexibility index (Phi) is 8.06. The van der Waals surface area contributed by atoms with Crippen LogP contribution in [0.2, 0.25) is 0 Å². The van der Waals surface area contributed by atoms with Crippen LogP contribution in [0, 0.1) is 19.3 Å². The quantitative estimate of drug-likeness (QED) is 0.271. The molecule has 0 bridgehead atoms. The fourth-order valence-corrected chi connectivity index (χ4v) is 5.69. The van der Waals surface area contributed by atoms with E-state index < -0.39 is 5.41 Å². The lowest BCUT2D eigenvalue weighted by atomic mass is 9.90. The molecule has 1 aromatic carbocycles. The maximum absolute atomic E-state index is 13.3. The molecule has 2 amide bonds. The minimum Gasteiger partial charge on any atom is -0.461 e. The normalized spacial score (nSPS) is 15.0. The van der Waals surface area contributed by atoms with Gasteiger partial charge in [0.05, 0.1) is 16.8 Å². The van der Waals surface area contributed by atoms with Crippen molar-refractivity contribution < 1.29 is 14.0 Å². The number of carbonyl (C=O) groups is 2. The predicted molar refractivity (Wildman–Crippen MR) is 165 cm³/mol. The van der Waals surface area contributed by atoms with Crippen molar-refractivity contribution in [2.75, 3.05) is 36.5 Å². The number of anilines is 2. The first-order chi connectivity index (χ1) is 20.0. The minimum absolute atomic E-state index is 0.0572. The van der Waals surface area contributed by atoms with E-state index in [0.29, 0.717) is 37.1 Å². The number of aryl methyl sites for hydroxylation is 2. The molecule has 0 saturated heterocycles. The van der Waals surface area contributed by atoms with Crippen molar-refractivity contribution in [2.24, 2.45) is 5.41 Å². The lowest BCUT2D eigenvalue weighted by molar-refractivity contribution is -0.137. The SMILES string of the molecule is CCN1C(=O)C(C)(C)C(=O)N(C)c2cc(CCN(CCn3ccc4oc(C)cc4c3=O)Cc3cnccc3C)ccc21. The van der Waals surface area contributed by atoms with Crippen LogP contribution in [0.25, 0.3) is 11.0 Å². The summed E-state index contributed by atoms with van der Waals surface area (Å²) in [6, 6.07) is 11.7. The smallest absolute Gasteiger partial charge is 0.261 e. The van der Waals surface area contributed by atoms with Crippen LogP contribution < -0.4 is 15.4 Å². The second-order valence-corrected chi connectivity index (χ2v) is 11.6. The molecule has 4 heterocycles. The van der Waals surface area contributed by atoms with E-state index in [0.717, 1.165) is 41.2 Å². The highest BCUT2D eigenvalue weighted by Gasteiger charge is 2.45. The highest BCUT2D eigenvalue weighted by Crippen LogP contribution is 2.38. The summed E-state index contributed by atoms with van der Waals surface area (Å²) in [5.41, 5.74) is 4.27. The topological polar surface area (TPSA) is 91.9 Å². The Labute approximate surface area is 246 Å². The molecule has 1 aliphatic heterocycles. The fraction of sp³-hybridized carbons (Fsp3) is 0.394. The van der Waals surface area contributed by atoms with Crippen LogP contribution in [-0.2, 0) is 29.1 Å². The summed E-state index contributed by atoms with van der Waals surface area (Å²) in [5, 5.41) is 0.594. The minimum atomic E-state index is -1.14. The number of fused-ring (bicyclic) bond motifs is 2. The zero-order valence-corrected chi connectivity index (χ0v) is 25.3. The van der Waals surface area contributed by atoms with E-state index in [2.05, 4.69) is 16.8 Å². The van der Waals surface area contributed by atoms with Crippen molar-refractivity contribution >= 4 is 34.2 Å². The van der Waals surface area contributed by atoms with Crippen LogP contribution in [0.4, 0.5) is 11.4 Å². The molecule has 0 N–H and O–H groups in total. The maximum atomic E-state index is 13.3. The van der Waals surface area contributed by atoms with E-state index in [4.69, 9.17) is 4.42 Å². The zero-order valence-electron chi connectivity index (χ0n) is 25.3. The summed E-state index contributed by atoms with van der Waals surface area (Å²) >= 11 is 0. The molecular weight excluding hydrogens is 530 g/mol. The maximum Gasteiger partial charge on any atom is 0.261 e. The van der Waals surface area contributed by atoms with Crippen LogP contribution in [0.1, 0.15) is 43.2 Å². The first-order valence-corrected chi connectivity index (χ1v) is 14.5. The molecule has 9 heteroatoms. The van der Waals surface area contributed by atoms with Gasteiger partial charge in [-0.2, -0.15) is 0 Å². The first-order valence-electron chi connectivity index (χ1n) is 14.5. The zero-order chi connectivity index (χ0) is 30.2. The Morgan fingerprint density at radius 3 is 2.50 bits per heavy atom. The number of hydrogen-bond acceptors (Lipinski definition) is 6. The predicted octanol–water partition coefficient (Wildman–Crippen LogP) is 4.71. The number of pyridine rings is 2. The van der Waals surface area contributed by atoms with Gasteiger partial charge in [0.2, 0.25) is 11.8 Å². The molecule has 0 fully saturated rings. The van der Waals surface area contributed by atoms with Crippen molar-refractivity contribution in [1.29, 1.82) is 0 Å². The van der Waals surface area contributed by atoms with Gasteiger partial charge in [-0.3, -0.25) is 24.3 Å². The molecule has 0 unspecified atom stereocenters. The van der Waals surface area contributed by atoms with Gasteiger partial charge in [0.1, 0.15) is 16.8 Å². The molecule has 0 atom stereocenters. The van der Waals surface area contributed by atoms with Gasteiger partial charge in [-0.15, -0.1) is 0 Å². The van der Waals surface area contributed by atoms with Gasteiger partial charge < -0.3 is 18.8 Å². The summed E-state index contributed by atoms with van der Waals surface area (Å²) in [4.78, 5) is 49.6. The second-order valence-electron chi connectivity index (χ2n) is 11.6. The van der Waals surface area contributed by atoms with Crippen molar-refractivity contribution in [1.82, 2.24) is 14.5 Å². The molecule has 220 valence electrons. The third-order valence-electron chi connectivity index (χ3n) is 8.32. The van der Waals surface area contributed by atoms with Gasteiger partial charge in [0, 0.05) is 58.4 Å². The number of furan rings is 1. The molecule has 42 heavy (non-hydrogen) atoms. The Morgan fingerprint density at radius 2 is 1.76 bits per heavy atom. The van der Waals surface area contributed by atoms with Crippen molar-refractivity contribution in [3.63, 3.8) is 0 Å². The number of nitrogens with zero attached hydrogens (tertiary/aromatic N) is 5. The summed E-state index contributed by atoms with van der Waals surface area (Å²) in [6.07, 6.45) is 6.22. The average molecular weight is 570 g/mol. The highest BCUT2D eigenvalue weighted by molar-refractivity contribution is 6.19. The third-order valence-corrected chi connectivity index (χ3v) is 8.32. The van der Waals surface area contributed by atoms with Crippen molar-refractivity contribution in [2.45, 2.75) is 54.1 Å². The van der Waals surface area contributed by atoms with Crippen LogP contribution >= 0.6 is 0 Å². The average Bonchev–Trinajstić information content (AvgIpc) is 3.35. The number of carbonyl (C=O) groups excluding carboxylic acids is 2. The van der Waals surface area contributed by atoms with E-state index in [1.165, 1.54) is 5.56 Å². The molecule has 1 aliphatic rings. The van der Waals surface area contributed by atoms with Crippen LogP contribution in [0.3, 0.4) is 0 Å². The van der Waals surface area contributed by atoms with Gasteiger partial charge in [-0.1, -0.05) is 6.07 Å². The van der Waals surface area contributed by atoms with Gasteiger partial charge in [0.25, 0.3) is 5.56 Å². The van der Waals surface area contributed by atoms with E-state index >= 15 is 0 Å². The van der Waals surface area contributed by atoms with Crippen molar-refractivity contribution in [3.8, 4) is 0 Å². The Bertz CT molecular complexity index is 1700. The van der Waals surface area contributed by atoms with Gasteiger partial charge in [0.15, 0.2) is 0 Å². The molecule has 0 spiro atoms. The van der Waals surface area contributed by atoms with E-state index in [-0.39, 0.29) is 17.4 Å². The molecule has 0 radical (unpaired) electrons. The Balaban J connectivity index is 1.39. The molecule has 3 aromatic heterocycles. The molecule has 4 aromatic rings. The first kappa shape index (κ1) is 29.3. The van der Waals surface area contributed by atoms with Crippen molar-refractivity contribution in [3.05, 3.63) is 87.8 Å². The molecule has 0 aliphatic carbocycles. The monoisotopic (exact) mass is 569 g/mol. The number of amides is 2. The Hall–Kier alpha value is -4.24. The summed E-state index contributed by atoms with van der Waals surface area (Å²) in [7, 11) is 1.74.